The zero-order valence-corrected chi connectivity index (χ0v) is 24.4. The Labute approximate surface area is 236 Å². The van der Waals surface area contributed by atoms with Gasteiger partial charge in [-0.25, -0.2) is 0 Å². The maximum Gasteiger partial charge on any atom is 0.0498 e. The first-order chi connectivity index (χ1) is 18.0. The van der Waals surface area contributed by atoms with Crippen LogP contribution in [0.3, 0.4) is 0 Å². The molecule has 190 valence electrons. The van der Waals surface area contributed by atoms with Crippen molar-refractivity contribution in [3.05, 3.63) is 81.7 Å². The Kier molecular flexibility index (Phi) is 7.92. The summed E-state index contributed by atoms with van der Waals surface area (Å²) in [5.41, 5.74) is 21.1. The molecule has 5 aromatic rings. The molecule has 3 nitrogen and oxygen atoms in total. The molecule has 0 atom stereocenters. The lowest BCUT2D eigenvalue weighted by molar-refractivity contribution is 0.571. The molecule has 0 bridgehead atoms. The Balaban J connectivity index is 1.69. The van der Waals surface area contributed by atoms with Crippen LogP contribution in [0.15, 0.2) is 81.7 Å². The average Bonchev–Trinajstić information content (AvgIpc) is 3.17. The van der Waals surface area contributed by atoms with Gasteiger partial charge >= 0.3 is 0 Å². The summed E-state index contributed by atoms with van der Waals surface area (Å²) < 4.78 is 4.59. The van der Waals surface area contributed by atoms with Gasteiger partial charge in [-0.05, 0) is 42.8 Å². The zero-order valence-electron chi connectivity index (χ0n) is 21.2. The van der Waals surface area contributed by atoms with Crippen molar-refractivity contribution in [2.45, 2.75) is 52.0 Å². The van der Waals surface area contributed by atoms with Crippen LogP contribution in [0, 0.1) is 0 Å². The van der Waals surface area contributed by atoms with E-state index < -0.39 is 0 Å². The van der Waals surface area contributed by atoms with E-state index in [9.17, 15) is 0 Å². The first-order valence-electron chi connectivity index (χ1n) is 13.1. The number of hydrogen-bond donors (Lipinski definition) is 2. The largest absolute Gasteiger partial charge is 0.398 e. The van der Waals surface area contributed by atoms with Gasteiger partial charge < -0.3 is 16.0 Å². The van der Waals surface area contributed by atoms with Gasteiger partial charge in [0.05, 0.1) is 0 Å². The van der Waals surface area contributed by atoms with Crippen molar-refractivity contribution in [1.82, 2.24) is 4.57 Å². The third kappa shape index (κ3) is 5.17. The van der Waals surface area contributed by atoms with Crippen molar-refractivity contribution in [1.29, 1.82) is 0 Å². The molecule has 0 amide bonds. The van der Waals surface area contributed by atoms with E-state index in [4.69, 9.17) is 11.5 Å². The van der Waals surface area contributed by atoms with E-state index in [2.05, 4.69) is 79.7 Å². The lowest BCUT2D eigenvalue weighted by Gasteiger charge is -2.12. The number of nitrogens with two attached hydrogens (primary N) is 2. The molecule has 0 saturated heterocycles. The van der Waals surface area contributed by atoms with E-state index in [1.54, 1.807) is 0 Å². The first kappa shape index (κ1) is 25.9. The number of unbranched alkanes of at least 4 members (excludes halogenated alkanes) is 5. The van der Waals surface area contributed by atoms with Crippen molar-refractivity contribution in [3.8, 4) is 22.3 Å². The topological polar surface area (TPSA) is 57.0 Å². The number of anilines is 2. The molecule has 1 heterocycles. The molecule has 0 spiro atoms. The second-order valence-corrected chi connectivity index (χ2v) is 11.5. The molecule has 4 N–H and O–H groups in total. The second kappa shape index (κ2) is 11.3. The minimum Gasteiger partial charge on any atom is -0.398 e. The quantitative estimate of drug-likeness (QED) is 0.127. The predicted octanol–water partition coefficient (Wildman–Crippen LogP) is 10.2. The molecule has 0 unspecified atom stereocenters. The maximum atomic E-state index is 6.39. The fourth-order valence-corrected chi connectivity index (χ4v) is 6.43. The molecular formula is C32H33Br2N3. The Morgan fingerprint density at radius 2 is 1.05 bits per heavy atom. The van der Waals surface area contributed by atoms with Crippen molar-refractivity contribution in [3.63, 3.8) is 0 Å². The Hall–Kier alpha value is -2.76. The van der Waals surface area contributed by atoms with E-state index in [1.165, 1.54) is 53.9 Å². The predicted molar refractivity (Wildman–Crippen MR) is 168 cm³/mol. The van der Waals surface area contributed by atoms with E-state index in [0.717, 1.165) is 55.5 Å². The normalized spacial score (nSPS) is 11.5. The standard InChI is InChI=1S/C32H33Br2N3/c1-2-3-4-5-6-11-16-37-31-19-23(21-12-7-9-14-29(21)35)27(33)17-25(31)26-18-28(34)24(20-32(26)37)22-13-8-10-15-30(22)36/h7-10,12-15,17-20H,2-6,11,16,35-36H2,1H3. The molecule has 0 aliphatic carbocycles. The van der Waals surface area contributed by atoms with E-state index in [0.29, 0.717) is 0 Å². The fourth-order valence-electron chi connectivity index (χ4n) is 5.32. The Morgan fingerprint density at radius 3 is 1.54 bits per heavy atom. The lowest BCUT2D eigenvalue weighted by Crippen LogP contribution is -1.99. The number of para-hydroxylation sites is 2. The van der Waals surface area contributed by atoms with Crippen molar-refractivity contribution in [2.24, 2.45) is 0 Å². The molecule has 5 rings (SSSR count). The average molecular weight is 619 g/mol. The molecular weight excluding hydrogens is 586 g/mol. The molecule has 0 aliphatic heterocycles. The fraction of sp³-hybridized carbons (Fsp3) is 0.250. The summed E-state index contributed by atoms with van der Waals surface area (Å²) in [6.45, 7) is 3.24. The zero-order chi connectivity index (χ0) is 25.9. The van der Waals surface area contributed by atoms with E-state index >= 15 is 0 Å². The molecule has 0 saturated carbocycles. The van der Waals surface area contributed by atoms with Crippen LogP contribution in [0.25, 0.3) is 44.1 Å². The van der Waals surface area contributed by atoms with Gasteiger partial charge in [0.2, 0.25) is 0 Å². The van der Waals surface area contributed by atoms with Crippen LogP contribution in [0.1, 0.15) is 45.4 Å². The summed E-state index contributed by atoms with van der Waals surface area (Å²) in [6.07, 6.45) is 7.60. The van der Waals surface area contributed by atoms with Crippen molar-refractivity contribution in [2.75, 3.05) is 11.5 Å². The van der Waals surface area contributed by atoms with Gasteiger partial charge in [0.1, 0.15) is 0 Å². The lowest BCUT2D eigenvalue weighted by atomic mass is 10.0. The molecule has 0 fully saturated rings. The number of aryl methyl sites for hydroxylation is 1. The van der Waals surface area contributed by atoms with E-state index in [-0.39, 0.29) is 0 Å². The summed E-state index contributed by atoms with van der Waals surface area (Å²) in [6, 6.07) is 25.3. The number of halogens is 2. The van der Waals surface area contributed by atoms with Crippen molar-refractivity contribution >= 4 is 65.0 Å². The molecule has 0 aliphatic rings. The van der Waals surface area contributed by atoms with Crippen LogP contribution in [0.2, 0.25) is 0 Å². The monoisotopic (exact) mass is 617 g/mol. The smallest absolute Gasteiger partial charge is 0.0498 e. The highest BCUT2D eigenvalue weighted by Gasteiger charge is 2.18. The molecule has 5 heteroatoms. The summed E-state index contributed by atoms with van der Waals surface area (Å²) in [7, 11) is 0. The number of rotatable bonds is 9. The maximum absolute atomic E-state index is 6.39. The molecule has 4 aromatic carbocycles. The number of nitrogens with zero attached hydrogens (tertiary/aromatic N) is 1. The first-order valence-corrected chi connectivity index (χ1v) is 14.7. The highest BCUT2D eigenvalue weighted by molar-refractivity contribution is 9.11. The van der Waals surface area contributed by atoms with Crippen LogP contribution in [-0.4, -0.2) is 4.57 Å². The number of aromatic nitrogens is 1. The van der Waals surface area contributed by atoms with Crippen LogP contribution in [0.5, 0.6) is 0 Å². The van der Waals surface area contributed by atoms with Gasteiger partial charge in [0.25, 0.3) is 0 Å². The Bertz CT molecular complexity index is 1460. The van der Waals surface area contributed by atoms with Gasteiger partial charge in [-0.1, -0.05) is 107 Å². The third-order valence-corrected chi connectivity index (χ3v) is 8.59. The van der Waals surface area contributed by atoms with Gasteiger partial charge in [-0.3, -0.25) is 0 Å². The van der Waals surface area contributed by atoms with Crippen LogP contribution >= 0.6 is 31.9 Å². The van der Waals surface area contributed by atoms with Crippen LogP contribution < -0.4 is 11.5 Å². The van der Waals surface area contributed by atoms with Gasteiger partial charge in [0.15, 0.2) is 0 Å². The number of benzene rings is 4. The Morgan fingerprint density at radius 1 is 0.595 bits per heavy atom. The summed E-state index contributed by atoms with van der Waals surface area (Å²) in [5.74, 6) is 0. The van der Waals surface area contributed by atoms with Gasteiger partial charge in [-0.15, -0.1) is 0 Å². The number of nitrogen functional groups attached to an aromatic ring is 2. The van der Waals surface area contributed by atoms with Gasteiger partial charge in [-0.2, -0.15) is 0 Å². The highest BCUT2D eigenvalue weighted by Crippen LogP contribution is 2.42. The molecule has 37 heavy (non-hydrogen) atoms. The molecule has 0 radical (unpaired) electrons. The molecule has 1 aromatic heterocycles. The van der Waals surface area contributed by atoms with Crippen LogP contribution in [-0.2, 0) is 6.54 Å². The SMILES string of the molecule is CCCCCCCCn1c2cc(-c3ccccc3N)c(Br)cc2c2cc(Br)c(-c3ccccc3N)cc21. The highest BCUT2D eigenvalue weighted by atomic mass is 79.9. The summed E-state index contributed by atoms with van der Waals surface area (Å²) in [5, 5.41) is 2.47. The third-order valence-electron chi connectivity index (χ3n) is 7.28. The summed E-state index contributed by atoms with van der Waals surface area (Å²) in [4.78, 5) is 0. The van der Waals surface area contributed by atoms with E-state index in [1.807, 2.05) is 36.4 Å². The summed E-state index contributed by atoms with van der Waals surface area (Å²) >= 11 is 7.71. The minimum absolute atomic E-state index is 0.783. The minimum atomic E-state index is 0.783. The van der Waals surface area contributed by atoms with Crippen molar-refractivity contribution < 1.29 is 0 Å². The van der Waals surface area contributed by atoms with Crippen LogP contribution in [0.4, 0.5) is 11.4 Å². The number of hydrogen-bond acceptors (Lipinski definition) is 2. The second-order valence-electron chi connectivity index (χ2n) is 9.79. The number of fused-ring (bicyclic) bond motifs is 3. The van der Waals surface area contributed by atoms with Gasteiger partial charge in [0, 0.05) is 70.9 Å².